The summed E-state index contributed by atoms with van der Waals surface area (Å²) in [4.78, 5) is 21.9. The lowest BCUT2D eigenvalue weighted by Crippen LogP contribution is -2.22. The van der Waals surface area contributed by atoms with E-state index in [4.69, 9.17) is 10.7 Å². The number of imidazole rings is 1. The molecule has 29 heavy (non-hydrogen) atoms. The van der Waals surface area contributed by atoms with Crippen molar-refractivity contribution in [1.29, 1.82) is 0 Å². The van der Waals surface area contributed by atoms with Crippen LogP contribution in [0.1, 0.15) is 34.0 Å². The summed E-state index contributed by atoms with van der Waals surface area (Å²) in [5.41, 5.74) is 9.82. The molecule has 4 aromatic rings. The Hall–Kier alpha value is -3.61. The maximum absolute atomic E-state index is 13.7. The fourth-order valence-electron chi connectivity index (χ4n) is 4.01. The number of carbonyl (C=O) groups excluding carboxylic acids is 1. The van der Waals surface area contributed by atoms with Crippen LogP contribution in [0.25, 0.3) is 16.9 Å². The second kappa shape index (κ2) is 6.48. The van der Waals surface area contributed by atoms with E-state index in [0.29, 0.717) is 40.1 Å². The lowest BCUT2D eigenvalue weighted by molar-refractivity contribution is 0.0964. The van der Waals surface area contributed by atoms with Crippen molar-refractivity contribution in [3.63, 3.8) is 0 Å². The molecule has 5 nitrogen and oxygen atoms in total. The SMILES string of the molecule is Nc1c2c(nc3c1ncn3-c1ccccc1)CC(c1cc(F)cc(F)c1)CC2=O. The summed E-state index contributed by atoms with van der Waals surface area (Å²) in [6.45, 7) is 0. The van der Waals surface area contributed by atoms with E-state index in [1.165, 1.54) is 12.1 Å². The highest BCUT2D eigenvalue weighted by Gasteiger charge is 2.31. The molecule has 0 fully saturated rings. The number of carbonyl (C=O) groups is 1. The second-order valence-electron chi connectivity index (χ2n) is 7.20. The summed E-state index contributed by atoms with van der Waals surface area (Å²) in [6, 6.07) is 12.9. The predicted molar refractivity (Wildman–Crippen MR) is 105 cm³/mol. The van der Waals surface area contributed by atoms with E-state index in [1.807, 2.05) is 34.9 Å². The topological polar surface area (TPSA) is 73.8 Å². The standard InChI is InChI=1S/C22H16F2N4O/c23-14-6-12(7-15(24)10-14)13-8-17-19(18(29)9-13)20(25)21-22(27-17)28(11-26-21)16-4-2-1-3-5-16/h1-7,10-11,13H,8-9H2,(H2,25,27). The molecule has 0 saturated carbocycles. The van der Waals surface area contributed by atoms with Crippen LogP contribution in [0.15, 0.2) is 54.9 Å². The molecule has 7 heteroatoms. The molecule has 144 valence electrons. The maximum Gasteiger partial charge on any atom is 0.167 e. The fourth-order valence-corrected chi connectivity index (χ4v) is 4.01. The molecule has 0 amide bonds. The van der Waals surface area contributed by atoms with Gasteiger partial charge in [0.15, 0.2) is 11.4 Å². The number of nitrogens with zero attached hydrogens (tertiary/aromatic N) is 3. The van der Waals surface area contributed by atoms with Gasteiger partial charge in [0.25, 0.3) is 0 Å². The van der Waals surface area contributed by atoms with Crippen LogP contribution in [-0.4, -0.2) is 20.3 Å². The molecular formula is C22H16F2N4O. The van der Waals surface area contributed by atoms with Crippen LogP contribution < -0.4 is 5.73 Å². The quantitative estimate of drug-likeness (QED) is 0.557. The van der Waals surface area contributed by atoms with Gasteiger partial charge in [0.1, 0.15) is 23.5 Å². The van der Waals surface area contributed by atoms with E-state index < -0.39 is 11.6 Å². The number of nitrogen functional groups attached to an aromatic ring is 1. The zero-order valence-corrected chi connectivity index (χ0v) is 15.3. The van der Waals surface area contributed by atoms with E-state index in [9.17, 15) is 13.6 Å². The highest BCUT2D eigenvalue weighted by molar-refractivity contribution is 6.08. The number of para-hydroxylation sites is 1. The first-order chi connectivity index (χ1) is 14.0. The van der Waals surface area contributed by atoms with Crippen LogP contribution in [0.4, 0.5) is 14.5 Å². The predicted octanol–water partition coefficient (Wildman–Crippen LogP) is 4.19. The number of pyridine rings is 1. The maximum atomic E-state index is 13.7. The van der Waals surface area contributed by atoms with Crippen LogP contribution in [0, 0.1) is 11.6 Å². The Morgan fingerprint density at radius 3 is 2.48 bits per heavy atom. The highest BCUT2D eigenvalue weighted by Crippen LogP contribution is 2.37. The third-order valence-corrected chi connectivity index (χ3v) is 5.34. The van der Waals surface area contributed by atoms with E-state index in [0.717, 1.165) is 11.8 Å². The third-order valence-electron chi connectivity index (χ3n) is 5.34. The van der Waals surface area contributed by atoms with Gasteiger partial charge in [0, 0.05) is 18.2 Å². The van der Waals surface area contributed by atoms with Crippen molar-refractivity contribution >= 4 is 22.6 Å². The molecule has 5 rings (SSSR count). The van der Waals surface area contributed by atoms with Crippen molar-refractivity contribution in [2.75, 3.05) is 5.73 Å². The number of hydrogen-bond donors (Lipinski definition) is 1. The van der Waals surface area contributed by atoms with Gasteiger partial charge in [-0.05, 0) is 42.2 Å². The Morgan fingerprint density at radius 1 is 1.03 bits per heavy atom. The number of rotatable bonds is 2. The molecule has 2 heterocycles. The number of Topliss-reactive ketones (excluding diaryl/α,β-unsaturated/α-hetero) is 1. The van der Waals surface area contributed by atoms with Gasteiger partial charge in [-0.3, -0.25) is 9.36 Å². The minimum absolute atomic E-state index is 0.118. The minimum Gasteiger partial charge on any atom is -0.396 e. The molecule has 2 aromatic carbocycles. The molecule has 1 unspecified atom stereocenters. The zero-order valence-electron chi connectivity index (χ0n) is 15.3. The summed E-state index contributed by atoms with van der Waals surface area (Å²) in [6.07, 6.45) is 2.11. The summed E-state index contributed by atoms with van der Waals surface area (Å²) in [7, 11) is 0. The Kier molecular flexibility index (Phi) is 3.91. The Bertz CT molecular complexity index is 1250. The van der Waals surface area contributed by atoms with Gasteiger partial charge in [0.05, 0.1) is 16.9 Å². The van der Waals surface area contributed by atoms with Gasteiger partial charge in [-0.15, -0.1) is 0 Å². The summed E-state index contributed by atoms with van der Waals surface area (Å²) in [5.74, 6) is -1.88. The van der Waals surface area contributed by atoms with Crippen molar-refractivity contribution in [2.24, 2.45) is 0 Å². The molecule has 0 saturated heterocycles. The largest absolute Gasteiger partial charge is 0.396 e. The molecule has 1 aliphatic rings. The van der Waals surface area contributed by atoms with Gasteiger partial charge in [0.2, 0.25) is 0 Å². The van der Waals surface area contributed by atoms with E-state index in [2.05, 4.69) is 4.98 Å². The number of fused-ring (bicyclic) bond motifs is 2. The van der Waals surface area contributed by atoms with E-state index in [-0.39, 0.29) is 18.1 Å². The smallest absolute Gasteiger partial charge is 0.167 e. The monoisotopic (exact) mass is 390 g/mol. The zero-order chi connectivity index (χ0) is 20.1. The fraction of sp³-hybridized carbons (Fsp3) is 0.136. The van der Waals surface area contributed by atoms with Gasteiger partial charge in [-0.25, -0.2) is 18.7 Å². The molecule has 0 radical (unpaired) electrons. The number of hydrogen-bond acceptors (Lipinski definition) is 4. The van der Waals surface area contributed by atoms with Crippen molar-refractivity contribution in [2.45, 2.75) is 18.8 Å². The number of ketones is 1. The van der Waals surface area contributed by atoms with Gasteiger partial charge < -0.3 is 5.73 Å². The molecule has 0 bridgehead atoms. The summed E-state index contributed by atoms with van der Waals surface area (Å²) >= 11 is 0. The van der Waals surface area contributed by atoms with Crippen LogP contribution in [0.5, 0.6) is 0 Å². The van der Waals surface area contributed by atoms with Gasteiger partial charge in [-0.1, -0.05) is 18.2 Å². The summed E-state index contributed by atoms with van der Waals surface area (Å²) in [5, 5.41) is 0. The van der Waals surface area contributed by atoms with Crippen LogP contribution in [-0.2, 0) is 6.42 Å². The number of aromatic nitrogens is 3. The number of benzene rings is 2. The summed E-state index contributed by atoms with van der Waals surface area (Å²) < 4.78 is 29.2. The number of halogens is 2. The number of anilines is 1. The Labute approximate surface area is 164 Å². The average molecular weight is 390 g/mol. The average Bonchev–Trinajstić information content (AvgIpc) is 3.12. The van der Waals surface area contributed by atoms with Crippen LogP contribution >= 0.6 is 0 Å². The first-order valence-electron chi connectivity index (χ1n) is 9.21. The van der Waals surface area contributed by atoms with Gasteiger partial charge >= 0.3 is 0 Å². The lowest BCUT2D eigenvalue weighted by Gasteiger charge is -2.24. The van der Waals surface area contributed by atoms with E-state index in [1.54, 1.807) is 6.33 Å². The van der Waals surface area contributed by atoms with Crippen LogP contribution in [0.3, 0.4) is 0 Å². The van der Waals surface area contributed by atoms with Crippen molar-refractivity contribution in [3.8, 4) is 5.69 Å². The van der Waals surface area contributed by atoms with Crippen molar-refractivity contribution < 1.29 is 13.6 Å². The first-order valence-corrected chi connectivity index (χ1v) is 9.21. The second-order valence-corrected chi connectivity index (χ2v) is 7.20. The minimum atomic E-state index is -0.664. The molecule has 2 N–H and O–H groups in total. The molecule has 1 atom stereocenters. The number of nitrogens with two attached hydrogens (primary N) is 1. The lowest BCUT2D eigenvalue weighted by atomic mass is 9.81. The van der Waals surface area contributed by atoms with Crippen molar-refractivity contribution in [1.82, 2.24) is 14.5 Å². The molecule has 0 aliphatic heterocycles. The Morgan fingerprint density at radius 2 is 1.76 bits per heavy atom. The van der Waals surface area contributed by atoms with Gasteiger partial charge in [-0.2, -0.15) is 0 Å². The molecule has 1 aliphatic carbocycles. The third kappa shape index (κ3) is 2.86. The van der Waals surface area contributed by atoms with Crippen molar-refractivity contribution in [3.05, 3.63) is 83.3 Å². The van der Waals surface area contributed by atoms with E-state index >= 15 is 0 Å². The highest BCUT2D eigenvalue weighted by atomic mass is 19.1. The first kappa shape index (κ1) is 17.5. The molecule has 0 spiro atoms. The molecular weight excluding hydrogens is 374 g/mol. The van der Waals surface area contributed by atoms with Crippen LogP contribution in [0.2, 0.25) is 0 Å². The molecule has 2 aromatic heterocycles. The Balaban J connectivity index is 1.65. The normalized spacial score (nSPS) is 16.2.